The van der Waals surface area contributed by atoms with Crippen LogP contribution in [0.1, 0.15) is 17.3 Å². The summed E-state index contributed by atoms with van der Waals surface area (Å²) in [6.07, 6.45) is 1.53. The number of phenols is 1. The lowest BCUT2D eigenvalue weighted by atomic mass is 10.1. The molecule has 0 aliphatic carbocycles. The Morgan fingerprint density at radius 1 is 1.22 bits per heavy atom. The first kappa shape index (κ1) is 13.4. The van der Waals surface area contributed by atoms with Crippen LogP contribution in [0.15, 0.2) is 30.4 Å². The van der Waals surface area contributed by atoms with Gasteiger partial charge in [-0.25, -0.2) is 4.79 Å². The minimum Gasteiger partial charge on any atom is -0.507 e. The number of hydrogen-bond donors (Lipinski definition) is 3. The molecule has 0 spiro atoms. The molecule has 0 aliphatic rings. The van der Waals surface area contributed by atoms with E-state index < -0.39 is 11.8 Å². The van der Waals surface area contributed by atoms with E-state index in [1.54, 1.807) is 0 Å². The molecule has 0 fully saturated rings. The highest BCUT2D eigenvalue weighted by atomic mass is 16.4. The third-order valence-corrected chi connectivity index (χ3v) is 1.96. The first-order chi connectivity index (χ1) is 8.40. The lowest BCUT2D eigenvalue weighted by molar-refractivity contribution is -0.131. The number of amides is 1. The van der Waals surface area contributed by atoms with Crippen molar-refractivity contribution in [1.29, 1.82) is 0 Å². The number of carboxylic acids is 1. The Morgan fingerprint density at radius 2 is 1.89 bits per heavy atom. The van der Waals surface area contributed by atoms with E-state index in [0.29, 0.717) is 11.8 Å². The number of rotatable bonds is 4. The zero-order valence-electron chi connectivity index (χ0n) is 9.51. The summed E-state index contributed by atoms with van der Waals surface area (Å²) in [5, 5.41) is 20.4. The maximum absolute atomic E-state index is 11.5. The van der Waals surface area contributed by atoms with Crippen LogP contribution in [-0.4, -0.2) is 27.9 Å². The number of carbonyl (C=O) groups excluding carboxylic acids is 2. The van der Waals surface area contributed by atoms with Crippen LogP contribution >= 0.6 is 0 Å². The Hall–Kier alpha value is -2.63. The molecule has 0 atom stereocenters. The normalized spacial score (nSPS) is 10.3. The zero-order chi connectivity index (χ0) is 13.7. The number of benzene rings is 1. The average molecular weight is 249 g/mol. The van der Waals surface area contributed by atoms with E-state index >= 15 is 0 Å². The van der Waals surface area contributed by atoms with E-state index in [0.717, 1.165) is 6.08 Å². The Balaban J connectivity index is 2.95. The van der Waals surface area contributed by atoms with E-state index in [9.17, 15) is 19.5 Å². The van der Waals surface area contributed by atoms with Crippen molar-refractivity contribution in [3.63, 3.8) is 0 Å². The van der Waals surface area contributed by atoms with Gasteiger partial charge in [0, 0.05) is 24.8 Å². The number of phenolic OH excluding ortho intramolecular Hbond substituents is 1. The van der Waals surface area contributed by atoms with Crippen molar-refractivity contribution < 1.29 is 24.6 Å². The predicted octanol–water partition coefficient (Wildman–Crippen LogP) is 1.17. The molecule has 1 amide bonds. The van der Waals surface area contributed by atoms with Crippen LogP contribution in [0.3, 0.4) is 0 Å². The summed E-state index contributed by atoms with van der Waals surface area (Å²) in [7, 11) is 0. The number of aliphatic carboxylic acids is 1. The Kier molecular flexibility index (Phi) is 4.20. The highest BCUT2D eigenvalue weighted by Crippen LogP contribution is 2.22. The highest BCUT2D eigenvalue weighted by molar-refractivity contribution is 6.08. The van der Waals surface area contributed by atoms with Crippen molar-refractivity contribution in [2.45, 2.75) is 6.92 Å². The van der Waals surface area contributed by atoms with Gasteiger partial charge in [-0.1, -0.05) is 0 Å². The largest absolute Gasteiger partial charge is 0.507 e. The summed E-state index contributed by atoms with van der Waals surface area (Å²) >= 11 is 0. The molecular formula is C12H11NO5. The number of aromatic hydroxyl groups is 1. The quantitative estimate of drug-likeness (QED) is 0.549. The lowest BCUT2D eigenvalue weighted by Crippen LogP contribution is -2.06. The Bertz CT molecular complexity index is 533. The van der Waals surface area contributed by atoms with E-state index in [1.807, 2.05) is 0 Å². The minimum atomic E-state index is -1.25. The van der Waals surface area contributed by atoms with Gasteiger partial charge < -0.3 is 15.5 Å². The van der Waals surface area contributed by atoms with Crippen molar-refractivity contribution in [2.24, 2.45) is 0 Å². The number of anilines is 1. The maximum Gasteiger partial charge on any atom is 0.328 e. The van der Waals surface area contributed by atoms with Crippen molar-refractivity contribution in [2.75, 3.05) is 5.32 Å². The van der Waals surface area contributed by atoms with Gasteiger partial charge in [0.2, 0.25) is 5.91 Å². The first-order valence-electron chi connectivity index (χ1n) is 4.96. The second-order valence-corrected chi connectivity index (χ2v) is 3.45. The summed E-state index contributed by atoms with van der Waals surface area (Å²) in [5.41, 5.74) is 0.306. The monoisotopic (exact) mass is 249 g/mol. The van der Waals surface area contributed by atoms with Crippen LogP contribution in [0.25, 0.3) is 0 Å². The van der Waals surface area contributed by atoms with Crippen LogP contribution in [0.2, 0.25) is 0 Å². The predicted molar refractivity (Wildman–Crippen MR) is 63.5 cm³/mol. The molecule has 0 heterocycles. The van der Waals surface area contributed by atoms with Crippen LogP contribution in [0.4, 0.5) is 5.69 Å². The summed E-state index contributed by atoms with van der Waals surface area (Å²) in [4.78, 5) is 32.5. The molecule has 0 saturated heterocycles. The second-order valence-electron chi connectivity index (χ2n) is 3.45. The third-order valence-electron chi connectivity index (χ3n) is 1.96. The van der Waals surface area contributed by atoms with E-state index in [-0.39, 0.29) is 17.2 Å². The zero-order valence-corrected chi connectivity index (χ0v) is 9.51. The molecule has 1 rings (SSSR count). The van der Waals surface area contributed by atoms with Crippen LogP contribution < -0.4 is 5.32 Å². The molecule has 0 radical (unpaired) electrons. The Morgan fingerprint density at radius 3 is 2.39 bits per heavy atom. The molecule has 0 aromatic heterocycles. The van der Waals surface area contributed by atoms with Gasteiger partial charge in [0.1, 0.15) is 5.75 Å². The van der Waals surface area contributed by atoms with Gasteiger partial charge in [-0.05, 0) is 18.2 Å². The van der Waals surface area contributed by atoms with E-state index in [2.05, 4.69) is 5.32 Å². The molecule has 6 nitrogen and oxygen atoms in total. The van der Waals surface area contributed by atoms with Crippen LogP contribution in [-0.2, 0) is 9.59 Å². The molecule has 94 valence electrons. The standard InChI is InChI=1S/C12H11NO5/c1-7(14)13-8-2-3-9(11(16)6-8)10(15)4-5-12(17)18/h2-6,16H,1H3,(H,13,14)(H,17,18)/b5-4-. The second kappa shape index (κ2) is 5.62. The Labute approximate surface area is 103 Å². The molecular weight excluding hydrogens is 238 g/mol. The van der Waals surface area contributed by atoms with Gasteiger partial charge in [-0.2, -0.15) is 0 Å². The molecule has 0 aliphatic heterocycles. The molecule has 1 aromatic carbocycles. The van der Waals surface area contributed by atoms with Gasteiger partial charge in [0.15, 0.2) is 5.78 Å². The van der Waals surface area contributed by atoms with Crippen molar-refractivity contribution in [3.8, 4) is 5.75 Å². The number of ketones is 1. The molecule has 6 heteroatoms. The number of carbonyl (C=O) groups is 3. The van der Waals surface area contributed by atoms with Gasteiger partial charge >= 0.3 is 5.97 Å². The SMILES string of the molecule is CC(=O)Nc1ccc(C(=O)/C=C\C(=O)O)c(O)c1. The van der Waals surface area contributed by atoms with Gasteiger partial charge in [-0.15, -0.1) is 0 Å². The average Bonchev–Trinajstić information content (AvgIpc) is 2.25. The van der Waals surface area contributed by atoms with Crippen molar-refractivity contribution >= 4 is 23.3 Å². The summed E-state index contributed by atoms with van der Waals surface area (Å²) < 4.78 is 0. The van der Waals surface area contributed by atoms with Gasteiger partial charge in [-0.3, -0.25) is 9.59 Å². The summed E-state index contributed by atoms with van der Waals surface area (Å²) in [5.74, 6) is -2.53. The van der Waals surface area contributed by atoms with Gasteiger partial charge in [0.25, 0.3) is 0 Å². The molecule has 3 N–H and O–H groups in total. The van der Waals surface area contributed by atoms with E-state index in [4.69, 9.17) is 5.11 Å². The number of carboxylic acid groups (broad SMARTS) is 1. The van der Waals surface area contributed by atoms with Crippen molar-refractivity contribution in [3.05, 3.63) is 35.9 Å². The molecule has 18 heavy (non-hydrogen) atoms. The number of hydrogen-bond acceptors (Lipinski definition) is 4. The molecule has 0 unspecified atom stereocenters. The molecule has 0 saturated carbocycles. The van der Waals surface area contributed by atoms with E-state index in [1.165, 1.54) is 25.1 Å². The first-order valence-corrected chi connectivity index (χ1v) is 4.96. The fraction of sp³-hybridized carbons (Fsp3) is 0.0833. The fourth-order valence-electron chi connectivity index (χ4n) is 1.26. The summed E-state index contributed by atoms with van der Waals surface area (Å²) in [6.45, 7) is 1.31. The lowest BCUT2D eigenvalue weighted by Gasteiger charge is -2.05. The van der Waals surface area contributed by atoms with Crippen molar-refractivity contribution in [1.82, 2.24) is 0 Å². The van der Waals surface area contributed by atoms with Gasteiger partial charge in [0.05, 0.1) is 5.56 Å². The third kappa shape index (κ3) is 3.75. The molecule has 1 aromatic rings. The van der Waals surface area contributed by atoms with Crippen LogP contribution in [0.5, 0.6) is 5.75 Å². The number of nitrogens with one attached hydrogen (secondary N) is 1. The fourth-order valence-corrected chi connectivity index (χ4v) is 1.26. The molecule has 0 bridgehead atoms. The number of allylic oxidation sites excluding steroid dienone is 1. The highest BCUT2D eigenvalue weighted by Gasteiger charge is 2.09. The topological polar surface area (TPSA) is 104 Å². The smallest absolute Gasteiger partial charge is 0.328 e. The maximum atomic E-state index is 11.5. The minimum absolute atomic E-state index is 0.0402. The summed E-state index contributed by atoms with van der Waals surface area (Å²) in [6, 6.07) is 3.95. The van der Waals surface area contributed by atoms with Crippen LogP contribution in [0, 0.1) is 0 Å².